The first-order chi connectivity index (χ1) is 8.91. The summed E-state index contributed by atoms with van der Waals surface area (Å²) in [5.74, 6) is -0.249. The monoisotopic (exact) mass is 261 g/mol. The number of hydrogen-bond donors (Lipinski definition) is 1. The van der Waals surface area contributed by atoms with Crippen LogP contribution in [0, 0.1) is 26.6 Å². The van der Waals surface area contributed by atoms with Crippen LogP contribution < -0.4 is 5.73 Å². The third kappa shape index (κ3) is 2.54. The van der Waals surface area contributed by atoms with Gasteiger partial charge < -0.3 is 5.73 Å². The Labute approximate surface area is 113 Å². The Morgan fingerprint density at radius 2 is 1.95 bits per heavy atom. The van der Waals surface area contributed by atoms with Crippen molar-refractivity contribution in [1.82, 2.24) is 9.78 Å². The fourth-order valence-electron chi connectivity index (χ4n) is 2.37. The molecule has 0 radical (unpaired) electrons. The van der Waals surface area contributed by atoms with Gasteiger partial charge in [0.25, 0.3) is 0 Å². The van der Waals surface area contributed by atoms with Gasteiger partial charge in [0, 0.05) is 11.7 Å². The SMILES string of the molecule is Cc1nn(C(c2cccc(F)c2)C(C)N)c(C)c1C. The van der Waals surface area contributed by atoms with Crippen LogP contribution in [0.5, 0.6) is 0 Å². The summed E-state index contributed by atoms with van der Waals surface area (Å²) in [6, 6.07) is 6.26. The average molecular weight is 261 g/mol. The van der Waals surface area contributed by atoms with Crippen molar-refractivity contribution < 1.29 is 4.39 Å². The van der Waals surface area contributed by atoms with Gasteiger partial charge in [-0.15, -0.1) is 0 Å². The summed E-state index contributed by atoms with van der Waals surface area (Å²) in [6.45, 7) is 7.95. The Bertz CT molecular complexity index is 587. The minimum Gasteiger partial charge on any atom is -0.326 e. The number of aryl methyl sites for hydroxylation is 1. The van der Waals surface area contributed by atoms with E-state index in [2.05, 4.69) is 5.10 Å². The second kappa shape index (κ2) is 5.13. The number of hydrogen-bond acceptors (Lipinski definition) is 2. The Hall–Kier alpha value is -1.68. The molecule has 1 heterocycles. The molecule has 0 saturated carbocycles. The maximum absolute atomic E-state index is 13.4. The normalized spacial score (nSPS) is 14.4. The summed E-state index contributed by atoms with van der Waals surface area (Å²) in [7, 11) is 0. The predicted molar refractivity (Wildman–Crippen MR) is 74.6 cm³/mol. The van der Waals surface area contributed by atoms with Gasteiger partial charge in [0.1, 0.15) is 5.82 Å². The molecule has 3 nitrogen and oxygen atoms in total. The Morgan fingerprint density at radius 1 is 1.26 bits per heavy atom. The standard InChI is InChI=1S/C15H20FN3/c1-9-11(3)18-19(12(9)4)15(10(2)17)13-6-5-7-14(16)8-13/h5-8,10,15H,17H2,1-4H3. The lowest BCUT2D eigenvalue weighted by Gasteiger charge is -2.23. The number of nitrogens with zero attached hydrogens (tertiary/aromatic N) is 2. The highest BCUT2D eigenvalue weighted by Crippen LogP contribution is 2.25. The van der Waals surface area contributed by atoms with Crippen molar-refractivity contribution in [2.45, 2.75) is 39.8 Å². The van der Waals surface area contributed by atoms with Crippen LogP contribution in [-0.4, -0.2) is 15.8 Å². The van der Waals surface area contributed by atoms with E-state index >= 15 is 0 Å². The van der Waals surface area contributed by atoms with Crippen LogP contribution in [0.25, 0.3) is 0 Å². The molecule has 0 spiro atoms. The fourth-order valence-corrected chi connectivity index (χ4v) is 2.37. The van der Waals surface area contributed by atoms with Gasteiger partial charge in [-0.3, -0.25) is 4.68 Å². The summed E-state index contributed by atoms with van der Waals surface area (Å²) < 4.78 is 15.3. The summed E-state index contributed by atoms with van der Waals surface area (Å²) in [4.78, 5) is 0. The van der Waals surface area contributed by atoms with Crippen molar-refractivity contribution in [1.29, 1.82) is 0 Å². The van der Waals surface area contributed by atoms with E-state index in [4.69, 9.17) is 5.73 Å². The van der Waals surface area contributed by atoms with Crippen LogP contribution in [0.4, 0.5) is 4.39 Å². The minimum atomic E-state index is -0.249. The van der Waals surface area contributed by atoms with Gasteiger partial charge in [0.2, 0.25) is 0 Å². The molecule has 102 valence electrons. The highest BCUT2D eigenvalue weighted by atomic mass is 19.1. The molecule has 0 amide bonds. The molecule has 1 aromatic heterocycles. The predicted octanol–water partition coefficient (Wildman–Crippen LogP) is 2.88. The highest BCUT2D eigenvalue weighted by Gasteiger charge is 2.22. The van der Waals surface area contributed by atoms with E-state index in [-0.39, 0.29) is 17.9 Å². The fraction of sp³-hybridized carbons (Fsp3) is 0.400. The van der Waals surface area contributed by atoms with Gasteiger partial charge in [0.15, 0.2) is 0 Å². The molecule has 0 saturated heterocycles. The van der Waals surface area contributed by atoms with Crippen LogP contribution in [0.1, 0.15) is 35.5 Å². The lowest BCUT2D eigenvalue weighted by Crippen LogP contribution is -2.31. The smallest absolute Gasteiger partial charge is 0.123 e. The third-order valence-corrected chi connectivity index (χ3v) is 3.64. The topological polar surface area (TPSA) is 43.8 Å². The lowest BCUT2D eigenvalue weighted by molar-refractivity contribution is 0.441. The molecule has 0 bridgehead atoms. The zero-order valence-electron chi connectivity index (χ0n) is 11.8. The quantitative estimate of drug-likeness (QED) is 0.923. The number of benzene rings is 1. The first kappa shape index (κ1) is 13.7. The summed E-state index contributed by atoms with van der Waals surface area (Å²) in [5, 5.41) is 4.55. The first-order valence-electron chi connectivity index (χ1n) is 6.45. The van der Waals surface area contributed by atoms with Crippen molar-refractivity contribution in [2.24, 2.45) is 5.73 Å². The highest BCUT2D eigenvalue weighted by molar-refractivity contribution is 5.28. The minimum absolute atomic E-state index is 0.150. The molecular formula is C15H20FN3. The van der Waals surface area contributed by atoms with Gasteiger partial charge in [-0.2, -0.15) is 5.10 Å². The molecule has 0 aliphatic rings. The summed E-state index contributed by atoms with van der Waals surface area (Å²) in [5.41, 5.74) is 10.2. The van der Waals surface area contributed by atoms with Crippen LogP contribution in [0.3, 0.4) is 0 Å². The first-order valence-corrected chi connectivity index (χ1v) is 6.45. The van der Waals surface area contributed by atoms with Crippen LogP contribution in [0.15, 0.2) is 24.3 Å². The van der Waals surface area contributed by atoms with Gasteiger partial charge >= 0.3 is 0 Å². The maximum Gasteiger partial charge on any atom is 0.123 e. The van der Waals surface area contributed by atoms with E-state index in [9.17, 15) is 4.39 Å². The van der Waals surface area contributed by atoms with Crippen LogP contribution >= 0.6 is 0 Å². The Balaban J connectivity index is 2.55. The Morgan fingerprint density at radius 3 is 2.42 bits per heavy atom. The molecule has 2 aromatic rings. The van der Waals surface area contributed by atoms with E-state index in [0.29, 0.717) is 0 Å². The van der Waals surface area contributed by atoms with Gasteiger partial charge in [-0.05, 0) is 51.0 Å². The third-order valence-electron chi connectivity index (χ3n) is 3.64. The molecule has 2 unspecified atom stereocenters. The molecule has 2 atom stereocenters. The second-order valence-corrected chi connectivity index (χ2v) is 5.10. The van der Waals surface area contributed by atoms with Gasteiger partial charge in [-0.1, -0.05) is 12.1 Å². The van der Waals surface area contributed by atoms with Crippen molar-refractivity contribution >= 4 is 0 Å². The molecule has 19 heavy (non-hydrogen) atoms. The van der Waals surface area contributed by atoms with Crippen molar-refractivity contribution in [3.05, 3.63) is 52.6 Å². The zero-order chi connectivity index (χ0) is 14.2. The van der Waals surface area contributed by atoms with Crippen molar-refractivity contribution in [3.63, 3.8) is 0 Å². The average Bonchev–Trinajstić information content (AvgIpc) is 2.57. The molecule has 2 rings (SSSR count). The van der Waals surface area contributed by atoms with E-state index in [0.717, 1.165) is 22.5 Å². The molecule has 0 aliphatic carbocycles. The van der Waals surface area contributed by atoms with Crippen molar-refractivity contribution in [2.75, 3.05) is 0 Å². The van der Waals surface area contributed by atoms with E-state index in [1.165, 1.54) is 12.1 Å². The number of rotatable bonds is 3. The van der Waals surface area contributed by atoms with Crippen molar-refractivity contribution in [3.8, 4) is 0 Å². The molecule has 0 aliphatic heterocycles. The number of nitrogens with two attached hydrogens (primary N) is 1. The summed E-state index contributed by atoms with van der Waals surface area (Å²) in [6.07, 6.45) is 0. The van der Waals surface area contributed by atoms with E-state index in [1.54, 1.807) is 6.07 Å². The van der Waals surface area contributed by atoms with Gasteiger partial charge in [0.05, 0.1) is 11.7 Å². The largest absolute Gasteiger partial charge is 0.326 e. The van der Waals surface area contributed by atoms with E-state index < -0.39 is 0 Å². The van der Waals surface area contributed by atoms with Gasteiger partial charge in [-0.25, -0.2) is 4.39 Å². The molecule has 1 aromatic carbocycles. The molecular weight excluding hydrogens is 241 g/mol. The zero-order valence-corrected chi connectivity index (χ0v) is 11.8. The molecule has 4 heteroatoms. The molecule has 2 N–H and O–H groups in total. The van der Waals surface area contributed by atoms with Crippen LogP contribution in [0.2, 0.25) is 0 Å². The van der Waals surface area contributed by atoms with E-state index in [1.807, 2.05) is 38.4 Å². The number of aromatic nitrogens is 2. The van der Waals surface area contributed by atoms with Crippen LogP contribution in [-0.2, 0) is 0 Å². The summed E-state index contributed by atoms with van der Waals surface area (Å²) >= 11 is 0. The molecule has 0 fully saturated rings. The number of halogens is 1. The lowest BCUT2D eigenvalue weighted by atomic mass is 10.0. The second-order valence-electron chi connectivity index (χ2n) is 5.10. The Kier molecular flexibility index (Phi) is 3.71. The maximum atomic E-state index is 13.4.